The normalized spacial score (nSPS) is 21.5. The van der Waals surface area contributed by atoms with Gasteiger partial charge in [0, 0.05) is 0 Å². The first kappa shape index (κ1) is 26.3. The van der Waals surface area contributed by atoms with Gasteiger partial charge in [-0.2, -0.15) is 0 Å². The maximum absolute atomic E-state index is 13.1. The molecule has 2 fully saturated rings. The lowest BCUT2D eigenvalue weighted by Gasteiger charge is -2.36. The Morgan fingerprint density at radius 2 is 1.29 bits per heavy atom. The average Bonchev–Trinajstić information content (AvgIpc) is 3.64. The molecule has 0 amide bonds. The van der Waals surface area contributed by atoms with Gasteiger partial charge in [-0.15, -0.1) is 0 Å². The van der Waals surface area contributed by atoms with Crippen LogP contribution in [0.2, 0.25) is 0 Å². The van der Waals surface area contributed by atoms with Gasteiger partial charge in [-0.3, -0.25) is 4.79 Å². The van der Waals surface area contributed by atoms with Gasteiger partial charge < -0.3 is 18.9 Å². The van der Waals surface area contributed by atoms with Crippen molar-refractivity contribution in [2.45, 2.75) is 50.7 Å². The SMILES string of the molecule is COc1ccc(C(OCC2C(C)C2C(=O)OC2CCCCC2)(c2ccccc2)c2ccc(OC)cc2)cc1. The molecule has 0 heterocycles. The highest BCUT2D eigenvalue weighted by Crippen LogP contribution is 2.50. The highest BCUT2D eigenvalue weighted by molar-refractivity contribution is 5.76. The molecule has 5 rings (SSSR count). The lowest BCUT2D eigenvalue weighted by atomic mass is 9.80. The molecule has 0 N–H and O–H groups in total. The fourth-order valence-corrected chi connectivity index (χ4v) is 5.91. The van der Waals surface area contributed by atoms with Crippen molar-refractivity contribution in [2.75, 3.05) is 20.8 Å². The van der Waals surface area contributed by atoms with Crippen molar-refractivity contribution in [1.29, 1.82) is 0 Å². The van der Waals surface area contributed by atoms with E-state index in [1.54, 1.807) is 14.2 Å². The van der Waals surface area contributed by atoms with Crippen molar-refractivity contribution in [3.05, 3.63) is 95.6 Å². The summed E-state index contributed by atoms with van der Waals surface area (Å²) in [4.78, 5) is 13.1. The van der Waals surface area contributed by atoms with E-state index in [1.165, 1.54) is 6.42 Å². The summed E-state index contributed by atoms with van der Waals surface area (Å²) in [6, 6.07) is 26.3. The van der Waals surface area contributed by atoms with E-state index in [9.17, 15) is 4.79 Å². The molecule has 5 heteroatoms. The van der Waals surface area contributed by atoms with Crippen molar-refractivity contribution < 1.29 is 23.7 Å². The third-order valence-corrected chi connectivity index (χ3v) is 8.34. The van der Waals surface area contributed by atoms with Crippen LogP contribution in [0.4, 0.5) is 0 Å². The van der Waals surface area contributed by atoms with Crippen LogP contribution in [0.3, 0.4) is 0 Å². The minimum absolute atomic E-state index is 0.0581. The molecule has 0 aliphatic heterocycles. The third-order valence-electron chi connectivity index (χ3n) is 8.34. The van der Waals surface area contributed by atoms with Gasteiger partial charge in [0.2, 0.25) is 0 Å². The van der Waals surface area contributed by atoms with Crippen LogP contribution in [-0.2, 0) is 19.9 Å². The zero-order valence-corrected chi connectivity index (χ0v) is 22.6. The Morgan fingerprint density at radius 1 is 0.763 bits per heavy atom. The van der Waals surface area contributed by atoms with E-state index in [4.69, 9.17) is 18.9 Å². The highest BCUT2D eigenvalue weighted by atomic mass is 16.5. The van der Waals surface area contributed by atoms with Gasteiger partial charge in [0.25, 0.3) is 0 Å². The number of esters is 1. The topological polar surface area (TPSA) is 54.0 Å². The Labute approximate surface area is 226 Å². The number of hydrogen-bond acceptors (Lipinski definition) is 5. The quantitative estimate of drug-likeness (QED) is 0.221. The van der Waals surface area contributed by atoms with Gasteiger partial charge in [0.05, 0.1) is 26.7 Å². The van der Waals surface area contributed by atoms with Crippen LogP contribution in [0.1, 0.15) is 55.7 Å². The van der Waals surface area contributed by atoms with Gasteiger partial charge in [-0.25, -0.2) is 0 Å². The van der Waals surface area contributed by atoms with Crippen molar-refractivity contribution in [3.63, 3.8) is 0 Å². The maximum Gasteiger partial charge on any atom is 0.309 e. The molecule has 2 saturated carbocycles. The molecule has 3 aromatic carbocycles. The lowest BCUT2D eigenvalue weighted by molar-refractivity contribution is -0.153. The number of carbonyl (C=O) groups excluding carboxylic acids is 1. The van der Waals surface area contributed by atoms with Crippen LogP contribution >= 0.6 is 0 Å². The summed E-state index contributed by atoms with van der Waals surface area (Å²) in [5, 5.41) is 0. The number of ether oxygens (including phenoxy) is 4. The van der Waals surface area contributed by atoms with Crippen molar-refractivity contribution in [2.24, 2.45) is 17.8 Å². The molecule has 0 bridgehead atoms. The first-order valence-electron chi connectivity index (χ1n) is 13.8. The molecule has 2 aliphatic rings. The van der Waals surface area contributed by atoms with E-state index < -0.39 is 5.60 Å². The Morgan fingerprint density at radius 3 is 1.82 bits per heavy atom. The molecule has 38 heavy (non-hydrogen) atoms. The van der Waals surface area contributed by atoms with Gasteiger partial charge in [-0.1, -0.05) is 67.9 Å². The molecular formula is C33H38O5. The van der Waals surface area contributed by atoms with Crippen molar-refractivity contribution >= 4 is 5.97 Å². The van der Waals surface area contributed by atoms with E-state index >= 15 is 0 Å². The van der Waals surface area contributed by atoms with E-state index in [1.807, 2.05) is 42.5 Å². The van der Waals surface area contributed by atoms with Crippen LogP contribution in [0, 0.1) is 17.8 Å². The summed E-state index contributed by atoms with van der Waals surface area (Å²) >= 11 is 0. The second kappa shape index (κ2) is 11.6. The number of benzene rings is 3. The van der Waals surface area contributed by atoms with Crippen molar-refractivity contribution in [1.82, 2.24) is 0 Å². The smallest absolute Gasteiger partial charge is 0.309 e. The molecule has 0 saturated heterocycles. The van der Waals surface area contributed by atoms with E-state index in [-0.39, 0.29) is 29.8 Å². The fourth-order valence-electron chi connectivity index (χ4n) is 5.91. The summed E-state index contributed by atoms with van der Waals surface area (Å²) in [7, 11) is 3.33. The molecule has 5 nitrogen and oxygen atoms in total. The third kappa shape index (κ3) is 5.30. The maximum atomic E-state index is 13.1. The van der Waals surface area contributed by atoms with Crippen LogP contribution in [0.15, 0.2) is 78.9 Å². The molecule has 0 aromatic heterocycles. The monoisotopic (exact) mass is 514 g/mol. The second-order valence-electron chi connectivity index (χ2n) is 10.6. The van der Waals surface area contributed by atoms with Gasteiger partial charge >= 0.3 is 5.97 Å². The molecule has 3 aromatic rings. The molecule has 2 aliphatic carbocycles. The summed E-state index contributed by atoms with van der Waals surface area (Å²) in [5.74, 6) is 1.74. The average molecular weight is 515 g/mol. The Bertz CT molecular complexity index is 1130. The van der Waals surface area contributed by atoms with Gasteiger partial charge in [0.15, 0.2) is 0 Å². The predicted molar refractivity (Wildman–Crippen MR) is 147 cm³/mol. The zero-order chi connectivity index (χ0) is 26.5. The molecule has 0 radical (unpaired) electrons. The number of methoxy groups -OCH3 is 2. The Kier molecular flexibility index (Phi) is 8.04. The van der Waals surface area contributed by atoms with Gasteiger partial charge in [-0.05, 0) is 78.5 Å². The summed E-state index contributed by atoms with van der Waals surface area (Å²) in [6.45, 7) is 2.57. The number of rotatable bonds is 10. The molecule has 0 spiro atoms. The van der Waals surface area contributed by atoms with Crippen LogP contribution in [0.25, 0.3) is 0 Å². The molecule has 3 atom stereocenters. The number of carbonyl (C=O) groups is 1. The van der Waals surface area contributed by atoms with E-state index in [2.05, 4.69) is 43.3 Å². The molecule has 200 valence electrons. The fraction of sp³-hybridized carbons (Fsp3) is 0.424. The zero-order valence-electron chi connectivity index (χ0n) is 22.6. The van der Waals surface area contributed by atoms with Gasteiger partial charge in [0.1, 0.15) is 23.2 Å². The first-order valence-corrected chi connectivity index (χ1v) is 13.8. The van der Waals surface area contributed by atoms with Crippen molar-refractivity contribution in [3.8, 4) is 11.5 Å². The molecular weight excluding hydrogens is 476 g/mol. The summed E-state index contributed by atoms with van der Waals surface area (Å²) < 4.78 is 23.8. The largest absolute Gasteiger partial charge is 0.497 e. The summed E-state index contributed by atoms with van der Waals surface area (Å²) in [6.07, 6.45) is 5.58. The minimum Gasteiger partial charge on any atom is -0.497 e. The van der Waals surface area contributed by atoms with Crippen LogP contribution < -0.4 is 9.47 Å². The second-order valence-corrected chi connectivity index (χ2v) is 10.6. The van der Waals surface area contributed by atoms with Crippen LogP contribution in [0.5, 0.6) is 11.5 Å². The Balaban J connectivity index is 1.46. The first-order chi connectivity index (χ1) is 18.6. The standard InChI is InChI=1S/C33H38O5/c1-23-30(31(23)32(34)38-29-12-8-5-9-13-29)22-37-33(24-10-6-4-7-11-24,25-14-18-27(35-2)19-15-25)26-16-20-28(36-3)21-17-26/h4,6-7,10-11,14-21,23,29-31H,5,8-9,12-13,22H2,1-3H3. The lowest BCUT2D eigenvalue weighted by Crippen LogP contribution is -2.34. The number of hydrogen-bond donors (Lipinski definition) is 0. The minimum atomic E-state index is -0.875. The highest BCUT2D eigenvalue weighted by Gasteiger charge is 2.54. The van der Waals surface area contributed by atoms with E-state index in [0.717, 1.165) is 53.9 Å². The summed E-state index contributed by atoms with van der Waals surface area (Å²) in [5.41, 5.74) is 2.12. The Hall–Kier alpha value is -3.31. The van der Waals surface area contributed by atoms with E-state index in [0.29, 0.717) is 6.61 Å². The predicted octanol–water partition coefficient (Wildman–Crippen LogP) is 6.77. The van der Waals surface area contributed by atoms with Crippen LogP contribution in [-0.4, -0.2) is 32.9 Å². The molecule has 3 unspecified atom stereocenters.